The van der Waals surface area contributed by atoms with Gasteiger partial charge in [0.2, 0.25) is 0 Å². The molecule has 2 heterocycles. The maximum Gasteiger partial charge on any atom is 0.106 e. The largest absolute Gasteiger partial charge is 0.469 e. The molecule has 0 radical (unpaired) electrons. The number of hydrogen-bond donors (Lipinski definition) is 0. The van der Waals surface area contributed by atoms with Gasteiger partial charge in [0.15, 0.2) is 0 Å². The lowest BCUT2D eigenvalue weighted by Gasteiger charge is -2.26. The van der Waals surface area contributed by atoms with Crippen LogP contribution in [0, 0.1) is 24.2 Å². The van der Waals surface area contributed by atoms with Gasteiger partial charge in [-0.3, -0.25) is 0 Å². The van der Waals surface area contributed by atoms with Gasteiger partial charge in [-0.2, -0.15) is 5.26 Å². The number of ether oxygens (including phenoxy) is 1. The topological polar surface area (TPSA) is 46.2 Å². The lowest BCUT2D eigenvalue weighted by molar-refractivity contribution is -0.0109. The normalized spacial score (nSPS) is 27.1. The summed E-state index contributed by atoms with van der Waals surface area (Å²) in [6, 6.07) is 4.20. The minimum Gasteiger partial charge on any atom is -0.469 e. The highest BCUT2D eigenvalue weighted by molar-refractivity contribution is 5.21. The molecule has 0 saturated carbocycles. The minimum atomic E-state index is -0.0903. The van der Waals surface area contributed by atoms with Crippen molar-refractivity contribution in [1.29, 1.82) is 5.26 Å². The first kappa shape index (κ1) is 9.29. The van der Waals surface area contributed by atoms with E-state index in [4.69, 9.17) is 14.4 Å². The molecule has 1 aliphatic rings. The molecular formula is C11H13NO2. The molecule has 1 aliphatic heterocycles. The Bertz CT molecular complexity index is 350. The Hall–Kier alpha value is -1.27. The lowest BCUT2D eigenvalue weighted by Crippen LogP contribution is -2.21. The molecule has 0 amide bonds. The number of aryl methyl sites for hydroxylation is 1. The third-order valence-electron chi connectivity index (χ3n) is 2.69. The maximum atomic E-state index is 8.99. The molecule has 0 aliphatic carbocycles. The van der Waals surface area contributed by atoms with E-state index in [0.717, 1.165) is 30.8 Å². The number of nitriles is 1. The minimum absolute atomic E-state index is 0.0277. The van der Waals surface area contributed by atoms with Gasteiger partial charge in [-0.25, -0.2) is 0 Å². The standard InChI is InChI=1S/C11H13NO2/c1-8-10(4-6-13-8)11-9(7-12)3-2-5-14-11/h4,6,9,11H,2-3,5H2,1H3. The lowest BCUT2D eigenvalue weighted by atomic mass is 9.91. The van der Waals surface area contributed by atoms with Crippen molar-refractivity contribution in [2.24, 2.45) is 5.92 Å². The zero-order chi connectivity index (χ0) is 9.97. The van der Waals surface area contributed by atoms with Crippen molar-refractivity contribution < 1.29 is 9.15 Å². The van der Waals surface area contributed by atoms with Crippen molar-refractivity contribution >= 4 is 0 Å². The first-order valence-electron chi connectivity index (χ1n) is 4.88. The van der Waals surface area contributed by atoms with Crippen LogP contribution in [0.4, 0.5) is 0 Å². The average molecular weight is 191 g/mol. The predicted molar refractivity (Wildman–Crippen MR) is 50.5 cm³/mol. The Morgan fingerprint density at radius 1 is 1.57 bits per heavy atom. The van der Waals surface area contributed by atoms with Crippen LogP contribution in [0.5, 0.6) is 0 Å². The molecule has 14 heavy (non-hydrogen) atoms. The molecule has 2 atom stereocenters. The van der Waals surface area contributed by atoms with Crippen molar-refractivity contribution in [3.63, 3.8) is 0 Å². The van der Waals surface area contributed by atoms with E-state index >= 15 is 0 Å². The smallest absolute Gasteiger partial charge is 0.106 e. The highest BCUT2D eigenvalue weighted by Gasteiger charge is 2.29. The molecule has 0 bridgehead atoms. The van der Waals surface area contributed by atoms with E-state index in [9.17, 15) is 0 Å². The highest BCUT2D eigenvalue weighted by Crippen LogP contribution is 2.34. The summed E-state index contributed by atoms with van der Waals surface area (Å²) in [5, 5.41) is 8.99. The van der Waals surface area contributed by atoms with E-state index in [-0.39, 0.29) is 12.0 Å². The third kappa shape index (κ3) is 1.53. The Kier molecular flexibility index (Phi) is 2.55. The summed E-state index contributed by atoms with van der Waals surface area (Å²) in [7, 11) is 0. The molecule has 0 spiro atoms. The Balaban J connectivity index is 2.24. The third-order valence-corrected chi connectivity index (χ3v) is 2.69. The fraction of sp³-hybridized carbons (Fsp3) is 0.545. The monoisotopic (exact) mass is 191 g/mol. The SMILES string of the molecule is Cc1occc1C1OCCCC1C#N. The van der Waals surface area contributed by atoms with Gasteiger partial charge < -0.3 is 9.15 Å². The van der Waals surface area contributed by atoms with Crippen LogP contribution in [0.3, 0.4) is 0 Å². The van der Waals surface area contributed by atoms with Crippen LogP contribution < -0.4 is 0 Å². The van der Waals surface area contributed by atoms with Crippen molar-refractivity contribution in [3.8, 4) is 6.07 Å². The summed E-state index contributed by atoms with van der Waals surface area (Å²) < 4.78 is 10.8. The van der Waals surface area contributed by atoms with Crippen molar-refractivity contribution in [1.82, 2.24) is 0 Å². The van der Waals surface area contributed by atoms with E-state index in [2.05, 4.69) is 6.07 Å². The van der Waals surface area contributed by atoms with Crippen LogP contribution in [-0.2, 0) is 4.74 Å². The van der Waals surface area contributed by atoms with Gasteiger partial charge in [-0.1, -0.05) is 0 Å². The molecule has 1 saturated heterocycles. The zero-order valence-electron chi connectivity index (χ0n) is 8.19. The van der Waals surface area contributed by atoms with Crippen molar-refractivity contribution in [3.05, 3.63) is 23.7 Å². The molecule has 2 rings (SSSR count). The molecule has 3 nitrogen and oxygen atoms in total. The van der Waals surface area contributed by atoms with Gasteiger partial charge in [-0.15, -0.1) is 0 Å². The first-order valence-corrected chi connectivity index (χ1v) is 4.88. The van der Waals surface area contributed by atoms with Crippen LogP contribution in [0.15, 0.2) is 16.7 Å². The second-order valence-electron chi connectivity index (χ2n) is 3.60. The van der Waals surface area contributed by atoms with Gasteiger partial charge in [0.05, 0.1) is 18.3 Å². The summed E-state index contributed by atoms with van der Waals surface area (Å²) in [6.07, 6.45) is 3.46. The molecule has 2 unspecified atom stereocenters. The summed E-state index contributed by atoms with van der Waals surface area (Å²) in [6.45, 7) is 2.65. The predicted octanol–water partition coefficient (Wildman–Crippen LogP) is 2.58. The molecule has 3 heteroatoms. The summed E-state index contributed by atoms with van der Waals surface area (Å²) in [4.78, 5) is 0. The summed E-state index contributed by atoms with van der Waals surface area (Å²) >= 11 is 0. The summed E-state index contributed by atoms with van der Waals surface area (Å²) in [5.74, 6) is 0.831. The molecule has 0 aromatic carbocycles. The second-order valence-corrected chi connectivity index (χ2v) is 3.60. The van der Waals surface area contributed by atoms with Gasteiger partial charge in [0.25, 0.3) is 0 Å². The fourth-order valence-electron chi connectivity index (χ4n) is 1.91. The highest BCUT2D eigenvalue weighted by atomic mass is 16.5. The zero-order valence-corrected chi connectivity index (χ0v) is 8.19. The second kappa shape index (κ2) is 3.85. The number of furan rings is 1. The first-order chi connectivity index (χ1) is 6.83. The van der Waals surface area contributed by atoms with E-state index in [1.165, 1.54) is 0 Å². The molecule has 1 fully saturated rings. The van der Waals surface area contributed by atoms with Crippen molar-refractivity contribution in [2.45, 2.75) is 25.9 Å². The molecule has 74 valence electrons. The van der Waals surface area contributed by atoms with Crippen LogP contribution in [0.1, 0.15) is 30.3 Å². The molecular weight excluding hydrogens is 178 g/mol. The molecule has 1 aromatic heterocycles. The van der Waals surface area contributed by atoms with E-state index in [1.807, 2.05) is 13.0 Å². The number of hydrogen-bond acceptors (Lipinski definition) is 3. The van der Waals surface area contributed by atoms with E-state index < -0.39 is 0 Å². The number of nitrogens with zero attached hydrogens (tertiary/aromatic N) is 1. The quantitative estimate of drug-likeness (QED) is 0.685. The molecule has 0 N–H and O–H groups in total. The number of rotatable bonds is 1. The fourth-order valence-corrected chi connectivity index (χ4v) is 1.91. The van der Waals surface area contributed by atoms with E-state index in [0.29, 0.717) is 0 Å². The van der Waals surface area contributed by atoms with Gasteiger partial charge >= 0.3 is 0 Å². The van der Waals surface area contributed by atoms with Crippen LogP contribution >= 0.6 is 0 Å². The van der Waals surface area contributed by atoms with Crippen LogP contribution in [0.2, 0.25) is 0 Å². The van der Waals surface area contributed by atoms with Gasteiger partial charge in [0, 0.05) is 12.2 Å². The van der Waals surface area contributed by atoms with Crippen LogP contribution in [0.25, 0.3) is 0 Å². The van der Waals surface area contributed by atoms with E-state index in [1.54, 1.807) is 6.26 Å². The maximum absolute atomic E-state index is 8.99. The Labute approximate surface area is 83.3 Å². The van der Waals surface area contributed by atoms with Gasteiger partial charge in [-0.05, 0) is 25.8 Å². The Morgan fingerprint density at radius 3 is 3.07 bits per heavy atom. The van der Waals surface area contributed by atoms with Crippen LogP contribution in [-0.4, -0.2) is 6.61 Å². The average Bonchev–Trinajstić information content (AvgIpc) is 2.64. The van der Waals surface area contributed by atoms with Crippen molar-refractivity contribution in [2.75, 3.05) is 6.61 Å². The summed E-state index contributed by atoms with van der Waals surface area (Å²) in [5.41, 5.74) is 1.02. The Morgan fingerprint density at radius 2 is 2.43 bits per heavy atom. The van der Waals surface area contributed by atoms with Gasteiger partial charge in [0.1, 0.15) is 11.9 Å². The molecule has 1 aromatic rings.